The topological polar surface area (TPSA) is 55.2 Å². The van der Waals surface area contributed by atoms with Crippen LogP contribution in [0, 0.1) is 12.3 Å². The van der Waals surface area contributed by atoms with Crippen molar-refractivity contribution in [2.75, 3.05) is 52.6 Å². The van der Waals surface area contributed by atoms with Gasteiger partial charge in [0.05, 0.1) is 25.0 Å². The van der Waals surface area contributed by atoms with Gasteiger partial charge in [-0.25, -0.2) is 0 Å². The summed E-state index contributed by atoms with van der Waals surface area (Å²) in [6.45, 7) is 8.50. The summed E-state index contributed by atoms with van der Waals surface area (Å²) in [6.07, 6.45) is 4.93. The van der Waals surface area contributed by atoms with Crippen molar-refractivity contribution in [1.82, 2.24) is 9.80 Å². The molecule has 1 aromatic rings. The highest BCUT2D eigenvalue weighted by Gasteiger charge is 2.44. The average molecular weight is 348 g/mol. The van der Waals surface area contributed by atoms with E-state index in [2.05, 4.69) is 4.90 Å². The van der Waals surface area contributed by atoms with Crippen molar-refractivity contribution >= 4 is 5.91 Å². The Morgan fingerprint density at radius 2 is 2.00 bits per heavy atom. The summed E-state index contributed by atoms with van der Waals surface area (Å²) in [5.74, 6) is 0.764. The molecule has 138 valence electrons. The van der Waals surface area contributed by atoms with E-state index in [4.69, 9.17) is 13.9 Å². The monoisotopic (exact) mass is 348 g/mol. The van der Waals surface area contributed by atoms with Gasteiger partial charge in [-0.05, 0) is 38.8 Å². The molecule has 6 nitrogen and oxygen atoms in total. The number of ether oxygens (including phenoxy) is 2. The lowest BCUT2D eigenvalue weighted by molar-refractivity contribution is 0.0284. The third-order valence-corrected chi connectivity index (χ3v) is 5.99. The molecule has 6 heteroatoms. The highest BCUT2D eigenvalue weighted by Crippen LogP contribution is 2.36. The Hall–Kier alpha value is -1.37. The van der Waals surface area contributed by atoms with Crippen molar-refractivity contribution in [1.29, 1.82) is 0 Å². The van der Waals surface area contributed by atoms with Crippen LogP contribution in [0.3, 0.4) is 0 Å². The van der Waals surface area contributed by atoms with Gasteiger partial charge >= 0.3 is 0 Å². The lowest BCUT2D eigenvalue weighted by atomic mass is 9.87. The van der Waals surface area contributed by atoms with Crippen LogP contribution in [0.25, 0.3) is 0 Å². The van der Waals surface area contributed by atoms with Crippen LogP contribution in [0.4, 0.5) is 0 Å². The minimum Gasteiger partial charge on any atom is -0.469 e. The third-order valence-electron chi connectivity index (χ3n) is 5.99. The largest absolute Gasteiger partial charge is 0.469 e. The maximum atomic E-state index is 12.9. The maximum Gasteiger partial charge on any atom is 0.257 e. The molecule has 0 saturated carbocycles. The van der Waals surface area contributed by atoms with Crippen molar-refractivity contribution in [2.45, 2.75) is 32.2 Å². The van der Waals surface area contributed by atoms with Crippen molar-refractivity contribution in [3.63, 3.8) is 0 Å². The van der Waals surface area contributed by atoms with Gasteiger partial charge in [0.15, 0.2) is 0 Å². The molecule has 0 aliphatic carbocycles. The molecule has 3 fully saturated rings. The second kappa shape index (κ2) is 7.09. The van der Waals surface area contributed by atoms with Gasteiger partial charge < -0.3 is 18.8 Å². The molecule has 1 aromatic heterocycles. The Labute approximate surface area is 149 Å². The lowest BCUT2D eigenvalue weighted by Crippen LogP contribution is -2.45. The van der Waals surface area contributed by atoms with Crippen LogP contribution in [0.1, 0.15) is 35.4 Å². The number of rotatable bonds is 2. The molecular formula is C19H28N2O4. The Morgan fingerprint density at radius 3 is 2.76 bits per heavy atom. The average Bonchev–Trinajstić information content (AvgIpc) is 3.18. The second-order valence-corrected chi connectivity index (χ2v) is 7.73. The summed E-state index contributed by atoms with van der Waals surface area (Å²) in [5.41, 5.74) is 0.735. The van der Waals surface area contributed by atoms with E-state index >= 15 is 0 Å². The fraction of sp³-hybridized carbons (Fsp3) is 0.737. The van der Waals surface area contributed by atoms with E-state index in [1.165, 1.54) is 0 Å². The number of amides is 1. The van der Waals surface area contributed by atoms with Crippen LogP contribution in [-0.2, 0) is 9.47 Å². The molecule has 1 amide bonds. The molecule has 25 heavy (non-hydrogen) atoms. The summed E-state index contributed by atoms with van der Waals surface area (Å²) >= 11 is 0. The number of hydrogen-bond acceptors (Lipinski definition) is 5. The minimum absolute atomic E-state index is 0.0576. The predicted octanol–water partition coefficient (Wildman–Crippen LogP) is 1.93. The first-order valence-corrected chi connectivity index (χ1v) is 9.40. The quantitative estimate of drug-likeness (QED) is 0.817. The van der Waals surface area contributed by atoms with Crippen molar-refractivity contribution in [2.24, 2.45) is 5.41 Å². The van der Waals surface area contributed by atoms with Crippen LogP contribution < -0.4 is 0 Å². The molecular weight excluding hydrogens is 320 g/mol. The zero-order chi connectivity index (χ0) is 17.3. The van der Waals surface area contributed by atoms with E-state index < -0.39 is 0 Å². The van der Waals surface area contributed by atoms with Crippen LogP contribution in [0.2, 0.25) is 0 Å². The normalized spacial score (nSPS) is 29.2. The van der Waals surface area contributed by atoms with Crippen molar-refractivity contribution < 1.29 is 18.7 Å². The molecule has 4 heterocycles. The van der Waals surface area contributed by atoms with E-state index in [0.717, 1.165) is 58.7 Å². The molecule has 3 aliphatic heterocycles. The zero-order valence-electron chi connectivity index (χ0n) is 15.0. The fourth-order valence-corrected chi connectivity index (χ4v) is 4.52. The number of nitrogens with zero attached hydrogens (tertiary/aromatic N) is 2. The van der Waals surface area contributed by atoms with E-state index in [9.17, 15) is 4.79 Å². The highest BCUT2D eigenvalue weighted by molar-refractivity contribution is 5.95. The van der Waals surface area contributed by atoms with Gasteiger partial charge in [-0.2, -0.15) is 0 Å². The minimum atomic E-state index is 0.0576. The molecule has 3 aliphatic rings. The summed E-state index contributed by atoms with van der Waals surface area (Å²) in [5, 5.41) is 0. The van der Waals surface area contributed by atoms with E-state index in [1.807, 2.05) is 11.8 Å². The molecule has 0 N–H and O–H groups in total. The van der Waals surface area contributed by atoms with E-state index in [1.54, 1.807) is 12.3 Å². The number of furan rings is 1. The summed E-state index contributed by atoms with van der Waals surface area (Å²) in [6, 6.07) is 2.40. The Balaban J connectivity index is 1.46. The smallest absolute Gasteiger partial charge is 0.257 e. The predicted molar refractivity (Wildman–Crippen MR) is 92.6 cm³/mol. The van der Waals surface area contributed by atoms with Gasteiger partial charge in [-0.3, -0.25) is 9.69 Å². The molecule has 0 aromatic carbocycles. The number of aryl methyl sites for hydroxylation is 1. The molecule has 0 bridgehead atoms. The molecule has 1 unspecified atom stereocenters. The molecule has 1 spiro atoms. The van der Waals surface area contributed by atoms with Crippen LogP contribution in [-0.4, -0.2) is 74.4 Å². The standard InChI is InChI=1S/C19H28N2O4/c1-15-17(4-10-25-15)18(22)21-7-11-24-14-19(13-21)5-6-20(12-19)16-2-8-23-9-3-16/h4,10,16H,2-3,5-9,11-14H2,1H3. The van der Waals surface area contributed by atoms with Gasteiger partial charge in [0.2, 0.25) is 0 Å². The van der Waals surface area contributed by atoms with Crippen molar-refractivity contribution in [3.8, 4) is 0 Å². The molecule has 1 atom stereocenters. The van der Waals surface area contributed by atoms with E-state index in [0.29, 0.717) is 30.5 Å². The van der Waals surface area contributed by atoms with Gasteiger partial charge in [-0.1, -0.05) is 0 Å². The first-order chi connectivity index (χ1) is 12.2. The molecule has 3 saturated heterocycles. The zero-order valence-corrected chi connectivity index (χ0v) is 15.0. The molecule has 4 rings (SSSR count). The Kier molecular flexibility index (Phi) is 4.84. The summed E-state index contributed by atoms with van der Waals surface area (Å²) < 4.78 is 16.8. The number of carbonyl (C=O) groups is 1. The van der Waals surface area contributed by atoms with Gasteiger partial charge in [0.25, 0.3) is 5.91 Å². The lowest BCUT2D eigenvalue weighted by Gasteiger charge is -2.35. The van der Waals surface area contributed by atoms with Gasteiger partial charge in [0.1, 0.15) is 5.76 Å². The van der Waals surface area contributed by atoms with Crippen molar-refractivity contribution in [3.05, 3.63) is 23.7 Å². The second-order valence-electron chi connectivity index (χ2n) is 7.73. The number of carbonyl (C=O) groups excluding carboxylic acids is 1. The number of likely N-dealkylation sites (tertiary alicyclic amines) is 1. The fourth-order valence-electron chi connectivity index (χ4n) is 4.52. The Morgan fingerprint density at radius 1 is 1.16 bits per heavy atom. The van der Waals surface area contributed by atoms with Gasteiger partial charge in [-0.15, -0.1) is 0 Å². The SMILES string of the molecule is Cc1occc1C(=O)N1CCOCC2(CCN(C3CCOCC3)C2)C1. The van der Waals surface area contributed by atoms with Crippen LogP contribution >= 0.6 is 0 Å². The third kappa shape index (κ3) is 3.48. The first kappa shape index (κ1) is 17.1. The summed E-state index contributed by atoms with van der Waals surface area (Å²) in [4.78, 5) is 17.5. The maximum absolute atomic E-state index is 12.9. The number of hydrogen-bond donors (Lipinski definition) is 0. The van der Waals surface area contributed by atoms with E-state index in [-0.39, 0.29) is 11.3 Å². The van der Waals surface area contributed by atoms with Crippen LogP contribution in [0.15, 0.2) is 16.7 Å². The highest BCUT2D eigenvalue weighted by atomic mass is 16.5. The first-order valence-electron chi connectivity index (χ1n) is 9.40. The summed E-state index contributed by atoms with van der Waals surface area (Å²) in [7, 11) is 0. The Bertz CT molecular complexity index is 610. The van der Waals surface area contributed by atoms with Crippen LogP contribution in [0.5, 0.6) is 0 Å². The molecule has 0 radical (unpaired) electrons. The van der Waals surface area contributed by atoms with Gasteiger partial charge in [0, 0.05) is 44.3 Å².